The van der Waals surface area contributed by atoms with Crippen LogP contribution in [0.4, 0.5) is 5.69 Å². The topological polar surface area (TPSA) is 91.2 Å². The molecular weight excluding hydrogens is 370 g/mol. The quantitative estimate of drug-likeness (QED) is 0.715. The van der Waals surface area contributed by atoms with Crippen LogP contribution < -0.4 is 10.1 Å². The molecule has 4 rings (SSSR count). The number of ether oxygens (including phenoxy) is 2. The summed E-state index contributed by atoms with van der Waals surface area (Å²) < 4.78 is 13.1. The van der Waals surface area contributed by atoms with Crippen LogP contribution in [0.3, 0.4) is 0 Å². The highest BCUT2D eigenvalue weighted by atomic mass is 16.5. The molecule has 0 bridgehead atoms. The Labute approximate surface area is 168 Å². The maximum atomic E-state index is 12.2. The average molecular weight is 393 g/mol. The molecule has 3 aromatic rings. The second-order valence-electron chi connectivity index (χ2n) is 7.07. The van der Waals surface area contributed by atoms with E-state index in [1.165, 1.54) is 0 Å². The number of imidazole rings is 1. The molecule has 0 saturated carbocycles. The summed E-state index contributed by atoms with van der Waals surface area (Å²) in [5.41, 5.74) is 2.69. The van der Waals surface area contributed by atoms with E-state index in [0.29, 0.717) is 36.5 Å². The monoisotopic (exact) mass is 393 g/mol. The Morgan fingerprint density at radius 2 is 2.00 bits per heavy atom. The van der Waals surface area contributed by atoms with Gasteiger partial charge in [-0.05, 0) is 51.5 Å². The van der Waals surface area contributed by atoms with Crippen molar-refractivity contribution in [3.8, 4) is 17.4 Å². The van der Waals surface area contributed by atoms with Crippen molar-refractivity contribution >= 4 is 11.6 Å². The van der Waals surface area contributed by atoms with Crippen LogP contribution in [0.5, 0.6) is 11.6 Å². The standard InChI is InChI=1S/C21H23N5O3/c1-13-14(2)26(12-22-13)19-10-20(24-15(3)23-19)29-18-6-4-17(5-7-18)25-21(27)16-8-9-28-11-16/h4-7,10,12,16H,8-9,11H2,1-3H3,(H,25,27). The van der Waals surface area contributed by atoms with Gasteiger partial charge in [-0.1, -0.05) is 0 Å². The minimum atomic E-state index is -0.0800. The Kier molecular flexibility index (Phi) is 5.26. The van der Waals surface area contributed by atoms with E-state index in [2.05, 4.69) is 20.3 Å². The van der Waals surface area contributed by atoms with Gasteiger partial charge in [-0.25, -0.2) is 9.97 Å². The third-order valence-corrected chi connectivity index (χ3v) is 4.94. The van der Waals surface area contributed by atoms with Crippen molar-refractivity contribution in [2.45, 2.75) is 27.2 Å². The van der Waals surface area contributed by atoms with Gasteiger partial charge in [0.05, 0.1) is 18.2 Å². The van der Waals surface area contributed by atoms with E-state index in [1.54, 1.807) is 36.7 Å². The number of benzene rings is 1. The fourth-order valence-corrected chi connectivity index (χ4v) is 3.14. The number of anilines is 1. The Bertz CT molecular complexity index is 1020. The molecule has 1 atom stereocenters. The van der Waals surface area contributed by atoms with E-state index in [1.807, 2.05) is 25.3 Å². The van der Waals surface area contributed by atoms with Crippen molar-refractivity contribution in [2.24, 2.45) is 5.92 Å². The van der Waals surface area contributed by atoms with Crippen LogP contribution in [0.25, 0.3) is 5.82 Å². The van der Waals surface area contributed by atoms with Crippen LogP contribution in [0.2, 0.25) is 0 Å². The molecule has 0 radical (unpaired) electrons. The van der Waals surface area contributed by atoms with Crippen LogP contribution in [0.15, 0.2) is 36.7 Å². The van der Waals surface area contributed by atoms with Crippen molar-refractivity contribution in [1.29, 1.82) is 0 Å². The van der Waals surface area contributed by atoms with E-state index < -0.39 is 0 Å². The molecular formula is C21H23N5O3. The van der Waals surface area contributed by atoms with Crippen molar-refractivity contribution in [1.82, 2.24) is 19.5 Å². The number of carbonyl (C=O) groups excluding carboxylic acids is 1. The smallest absolute Gasteiger partial charge is 0.229 e. The number of amides is 1. The van der Waals surface area contributed by atoms with Crippen molar-refractivity contribution in [2.75, 3.05) is 18.5 Å². The number of rotatable bonds is 5. The van der Waals surface area contributed by atoms with Gasteiger partial charge in [0.2, 0.25) is 11.8 Å². The minimum absolute atomic E-state index is 0.0155. The van der Waals surface area contributed by atoms with E-state index in [4.69, 9.17) is 9.47 Å². The van der Waals surface area contributed by atoms with E-state index in [9.17, 15) is 4.79 Å². The molecule has 29 heavy (non-hydrogen) atoms. The number of nitrogens with zero attached hydrogens (tertiary/aromatic N) is 4. The summed E-state index contributed by atoms with van der Waals surface area (Å²) in [5.74, 6) is 2.27. The largest absolute Gasteiger partial charge is 0.439 e. The molecule has 3 heterocycles. The summed E-state index contributed by atoms with van der Waals surface area (Å²) in [6.07, 6.45) is 2.50. The second kappa shape index (κ2) is 8.00. The molecule has 8 heteroatoms. The second-order valence-corrected chi connectivity index (χ2v) is 7.07. The Balaban J connectivity index is 1.47. The fourth-order valence-electron chi connectivity index (χ4n) is 3.14. The van der Waals surface area contributed by atoms with Crippen LogP contribution >= 0.6 is 0 Å². The van der Waals surface area contributed by atoms with Gasteiger partial charge in [0, 0.05) is 24.1 Å². The highest BCUT2D eigenvalue weighted by Crippen LogP contribution is 2.24. The van der Waals surface area contributed by atoms with Crippen molar-refractivity contribution in [3.63, 3.8) is 0 Å². The third-order valence-electron chi connectivity index (χ3n) is 4.94. The zero-order valence-corrected chi connectivity index (χ0v) is 16.7. The molecule has 1 aliphatic rings. The van der Waals surface area contributed by atoms with E-state index in [-0.39, 0.29) is 11.8 Å². The van der Waals surface area contributed by atoms with Crippen molar-refractivity contribution < 1.29 is 14.3 Å². The van der Waals surface area contributed by atoms with Gasteiger partial charge in [-0.3, -0.25) is 9.36 Å². The number of hydrogen-bond donors (Lipinski definition) is 1. The molecule has 150 valence electrons. The first-order chi connectivity index (χ1) is 14.0. The highest BCUT2D eigenvalue weighted by Gasteiger charge is 2.23. The molecule has 1 fully saturated rings. The summed E-state index contributed by atoms with van der Waals surface area (Å²) in [5, 5.41) is 2.91. The van der Waals surface area contributed by atoms with Crippen molar-refractivity contribution in [3.05, 3.63) is 53.9 Å². The van der Waals surface area contributed by atoms with E-state index >= 15 is 0 Å². The SMILES string of the molecule is Cc1nc(Oc2ccc(NC(=O)C3CCOC3)cc2)cc(-n2cnc(C)c2C)n1. The lowest BCUT2D eigenvalue weighted by Gasteiger charge is -2.11. The summed E-state index contributed by atoms with van der Waals surface area (Å²) in [7, 11) is 0. The minimum Gasteiger partial charge on any atom is -0.439 e. The van der Waals surface area contributed by atoms with Crippen LogP contribution in [0, 0.1) is 26.7 Å². The number of hydrogen-bond acceptors (Lipinski definition) is 6. The molecule has 1 saturated heterocycles. The summed E-state index contributed by atoms with van der Waals surface area (Å²) in [6.45, 7) is 6.89. The Hall–Kier alpha value is -3.26. The molecule has 1 aliphatic heterocycles. The van der Waals surface area contributed by atoms with Gasteiger partial charge in [0.25, 0.3) is 0 Å². The normalized spacial score (nSPS) is 16.0. The van der Waals surface area contributed by atoms with Gasteiger partial charge >= 0.3 is 0 Å². The number of aryl methyl sites for hydroxylation is 2. The molecule has 8 nitrogen and oxygen atoms in total. The fraction of sp³-hybridized carbons (Fsp3) is 0.333. The lowest BCUT2D eigenvalue weighted by molar-refractivity contribution is -0.119. The van der Waals surface area contributed by atoms with Gasteiger partial charge < -0.3 is 14.8 Å². The maximum absolute atomic E-state index is 12.2. The zero-order chi connectivity index (χ0) is 20.4. The molecule has 1 N–H and O–H groups in total. The predicted octanol–water partition coefficient (Wildman–Crippen LogP) is 3.35. The summed E-state index contributed by atoms with van der Waals surface area (Å²) >= 11 is 0. The lowest BCUT2D eigenvalue weighted by Crippen LogP contribution is -2.22. The number of aromatic nitrogens is 4. The summed E-state index contributed by atoms with van der Waals surface area (Å²) in [6, 6.07) is 8.98. The molecule has 2 aromatic heterocycles. The van der Waals surface area contributed by atoms with Gasteiger partial charge in [-0.15, -0.1) is 0 Å². The highest BCUT2D eigenvalue weighted by molar-refractivity contribution is 5.92. The number of nitrogens with one attached hydrogen (secondary N) is 1. The first kappa shape index (κ1) is 19.1. The Morgan fingerprint density at radius 3 is 2.66 bits per heavy atom. The lowest BCUT2D eigenvalue weighted by atomic mass is 10.1. The molecule has 1 amide bonds. The van der Waals surface area contributed by atoms with Crippen LogP contribution in [0.1, 0.15) is 23.6 Å². The van der Waals surface area contributed by atoms with E-state index in [0.717, 1.165) is 23.5 Å². The first-order valence-electron chi connectivity index (χ1n) is 9.53. The summed E-state index contributed by atoms with van der Waals surface area (Å²) in [4.78, 5) is 25.3. The first-order valence-corrected chi connectivity index (χ1v) is 9.53. The van der Waals surface area contributed by atoms with Gasteiger partial charge in [-0.2, -0.15) is 4.98 Å². The molecule has 1 unspecified atom stereocenters. The van der Waals surface area contributed by atoms with Crippen LogP contribution in [-0.4, -0.2) is 38.6 Å². The van der Waals surface area contributed by atoms with Gasteiger partial charge in [0.15, 0.2) is 0 Å². The maximum Gasteiger partial charge on any atom is 0.229 e. The van der Waals surface area contributed by atoms with Gasteiger partial charge in [0.1, 0.15) is 23.7 Å². The molecule has 0 aliphatic carbocycles. The predicted molar refractivity (Wildman–Crippen MR) is 107 cm³/mol. The Morgan fingerprint density at radius 1 is 1.21 bits per heavy atom. The molecule has 1 aromatic carbocycles. The average Bonchev–Trinajstić information content (AvgIpc) is 3.34. The molecule has 0 spiro atoms. The third kappa shape index (κ3) is 4.27. The zero-order valence-electron chi connectivity index (χ0n) is 16.7. The number of carbonyl (C=O) groups is 1. The van der Waals surface area contributed by atoms with Crippen LogP contribution in [-0.2, 0) is 9.53 Å².